The molecule has 0 aromatic carbocycles. The van der Waals surface area contributed by atoms with Crippen LogP contribution < -0.4 is 20.4 Å². The molecule has 10 nitrogen and oxygen atoms in total. The lowest BCUT2D eigenvalue weighted by Gasteiger charge is -2.31. The summed E-state index contributed by atoms with van der Waals surface area (Å²) in [7, 11) is -0.763. The van der Waals surface area contributed by atoms with Crippen LogP contribution in [0.1, 0.15) is 0 Å². The van der Waals surface area contributed by atoms with Crippen LogP contribution in [0.3, 0.4) is 0 Å². The van der Waals surface area contributed by atoms with Gasteiger partial charge < -0.3 is 25.5 Å². The first-order valence-corrected chi connectivity index (χ1v) is 10.7. The summed E-state index contributed by atoms with van der Waals surface area (Å²) in [5.74, 6) is 3.28. The Bertz CT molecular complexity index is 819. The molecule has 0 radical (unpaired) electrons. The van der Waals surface area contributed by atoms with Crippen LogP contribution in [0.2, 0.25) is 0 Å². The van der Waals surface area contributed by atoms with Crippen molar-refractivity contribution >= 4 is 39.4 Å². The Morgan fingerprint density at radius 2 is 1.85 bits per heavy atom. The fourth-order valence-electron chi connectivity index (χ4n) is 3.30. The van der Waals surface area contributed by atoms with Gasteiger partial charge in [-0.25, -0.2) is 15.0 Å². The average molecular weight is 392 g/mol. The molecule has 2 aromatic rings. The van der Waals surface area contributed by atoms with E-state index in [9.17, 15) is 4.21 Å². The smallest absolute Gasteiger partial charge is 0.228 e. The maximum absolute atomic E-state index is 11.8. The summed E-state index contributed by atoms with van der Waals surface area (Å²) in [5, 5.41) is 15.6. The second kappa shape index (κ2) is 8.28. The van der Waals surface area contributed by atoms with Crippen molar-refractivity contribution in [3.8, 4) is 0 Å². The molecule has 4 rings (SSSR count). The molecule has 4 heterocycles. The Balaban J connectivity index is 1.79. The van der Waals surface area contributed by atoms with Crippen LogP contribution in [0.4, 0.5) is 17.6 Å². The van der Waals surface area contributed by atoms with Gasteiger partial charge in [-0.2, -0.15) is 4.98 Å². The molecule has 2 aliphatic heterocycles. The molecule has 2 fully saturated rings. The third-order valence-corrected chi connectivity index (χ3v) is 6.01. The van der Waals surface area contributed by atoms with Crippen molar-refractivity contribution in [2.24, 2.45) is 0 Å². The van der Waals surface area contributed by atoms with Gasteiger partial charge in [0.15, 0.2) is 11.6 Å². The van der Waals surface area contributed by atoms with Crippen molar-refractivity contribution in [2.75, 3.05) is 79.0 Å². The van der Waals surface area contributed by atoms with E-state index in [1.807, 2.05) is 0 Å². The minimum absolute atomic E-state index is 0.00598. The number of aliphatic hydroxyl groups is 1. The number of fused-ring (bicyclic) bond motifs is 1. The highest BCUT2D eigenvalue weighted by Crippen LogP contribution is 2.29. The Hall–Kier alpha value is -2.11. The summed E-state index contributed by atoms with van der Waals surface area (Å²) in [6, 6.07) is 0. The molecule has 3 N–H and O–H groups in total. The molecule has 2 aliphatic rings. The van der Waals surface area contributed by atoms with Crippen molar-refractivity contribution in [3.05, 3.63) is 6.33 Å². The lowest BCUT2D eigenvalue weighted by atomic mass is 10.3. The van der Waals surface area contributed by atoms with Gasteiger partial charge in [-0.3, -0.25) is 4.21 Å². The van der Waals surface area contributed by atoms with Gasteiger partial charge in [-0.05, 0) is 0 Å². The zero-order valence-corrected chi connectivity index (χ0v) is 15.9. The maximum Gasteiger partial charge on any atom is 0.228 e. The number of aromatic nitrogens is 4. The number of nitrogens with one attached hydrogen (secondary N) is 2. The van der Waals surface area contributed by atoms with Gasteiger partial charge in [0.25, 0.3) is 0 Å². The summed E-state index contributed by atoms with van der Waals surface area (Å²) in [6.07, 6.45) is 1.49. The quantitative estimate of drug-likeness (QED) is 0.572. The molecular weight excluding hydrogens is 368 g/mol. The monoisotopic (exact) mass is 392 g/mol. The van der Waals surface area contributed by atoms with E-state index in [4.69, 9.17) is 15.1 Å². The van der Waals surface area contributed by atoms with Crippen LogP contribution in [-0.4, -0.2) is 93.2 Å². The maximum atomic E-state index is 11.8. The summed E-state index contributed by atoms with van der Waals surface area (Å²) in [4.78, 5) is 22.6. The molecule has 0 spiro atoms. The van der Waals surface area contributed by atoms with Gasteiger partial charge in [-0.15, -0.1) is 0 Å². The van der Waals surface area contributed by atoms with E-state index in [-0.39, 0.29) is 6.61 Å². The van der Waals surface area contributed by atoms with Crippen LogP contribution in [0.25, 0.3) is 11.0 Å². The van der Waals surface area contributed by atoms with E-state index < -0.39 is 10.8 Å². The third-order valence-electron chi connectivity index (χ3n) is 4.73. The van der Waals surface area contributed by atoms with Crippen LogP contribution in [0, 0.1) is 0 Å². The lowest BCUT2D eigenvalue weighted by molar-refractivity contribution is 0.311. The van der Waals surface area contributed by atoms with Gasteiger partial charge in [0.2, 0.25) is 5.95 Å². The average Bonchev–Trinajstić information content (AvgIpc) is 2.72. The van der Waals surface area contributed by atoms with Crippen molar-refractivity contribution < 1.29 is 9.32 Å². The van der Waals surface area contributed by atoms with Gasteiger partial charge in [0.1, 0.15) is 17.4 Å². The summed E-state index contributed by atoms with van der Waals surface area (Å²) in [6.45, 7) is 5.21. The van der Waals surface area contributed by atoms with Crippen LogP contribution in [0.15, 0.2) is 6.33 Å². The molecule has 11 heteroatoms. The number of rotatable bonds is 5. The fourth-order valence-corrected chi connectivity index (χ4v) is 4.35. The summed E-state index contributed by atoms with van der Waals surface area (Å²) >= 11 is 0. The molecule has 0 amide bonds. The van der Waals surface area contributed by atoms with E-state index in [2.05, 4.69) is 30.4 Å². The zero-order chi connectivity index (χ0) is 18.6. The Labute approximate surface area is 159 Å². The minimum atomic E-state index is -0.763. The SMILES string of the molecule is O=S1CCN(c2nc(N3CCNCC3)nc3c(NCCO)ncnc23)CC1. The molecule has 2 aromatic heterocycles. The summed E-state index contributed by atoms with van der Waals surface area (Å²) in [5.41, 5.74) is 1.33. The number of aliphatic hydroxyl groups excluding tert-OH is 1. The Morgan fingerprint density at radius 3 is 2.59 bits per heavy atom. The number of hydrogen-bond acceptors (Lipinski definition) is 10. The molecule has 2 saturated heterocycles. The highest BCUT2D eigenvalue weighted by atomic mass is 32.2. The predicted molar refractivity (Wildman–Crippen MR) is 106 cm³/mol. The topological polar surface area (TPSA) is 119 Å². The lowest BCUT2D eigenvalue weighted by Crippen LogP contribution is -2.44. The highest BCUT2D eigenvalue weighted by molar-refractivity contribution is 7.85. The van der Waals surface area contributed by atoms with Crippen LogP contribution >= 0.6 is 0 Å². The zero-order valence-electron chi connectivity index (χ0n) is 15.1. The number of hydrogen-bond donors (Lipinski definition) is 3. The normalized spacial score (nSPS) is 18.9. The molecule has 146 valence electrons. The first-order valence-electron chi connectivity index (χ1n) is 9.19. The van der Waals surface area contributed by atoms with Crippen LogP contribution in [0.5, 0.6) is 0 Å². The molecule has 0 unspecified atom stereocenters. The number of nitrogens with zero attached hydrogens (tertiary/aromatic N) is 6. The first kappa shape index (κ1) is 18.3. The Morgan fingerprint density at radius 1 is 1.07 bits per heavy atom. The first-order chi connectivity index (χ1) is 13.3. The van der Waals surface area contributed by atoms with Crippen molar-refractivity contribution in [1.29, 1.82) is 0 Å². The molecule has 0 atom stereocenters. The fraction of sp³-hybridized carbons (Fsp3) is 0.625. The van der Waals surface area contributed by atoms with Crippen molar-refractivity contribution in [3.63, 3.8) is 0 Å². The van der Waals surface area contributed by atoms with E-state index in [0.717, 1.165) is 32.0 Å². The second-order valence-electron chi connectivity index (χ2n) is 6.49. The second-order valence-corrected chi connectivity index (χ2v) is 8.19. The number of anilines is 3. The predicted octanol–water partition coefficient (Wildman–Crippen LogP) is -1.20. The largest absolute Gasteiger partial charge is 0.395 e. The summed E-state index contributed by atoms with van der Waals surface area (Å²) < 4.78 is 11.8. The van der Waals surface area contributed by atoms with E-state index in [0.29, 0.717) is 53.9 Å². The van der Waals surface area contributed by atoms with Gasteiger partial charge in [-0.1, -0.05) is 0 Å². The molecule has 27 heavy (non-hydrogen) atoms. The minimum Gasteiger partial charge on any atom is -0.395 e. The van der Waals surface area contributed by atoms with Crippen LogP contribution in [-0.2, 0) is 10.8 Å². The van der Waals surface area contributed by atoms with Gasteiger partial charge in [0, 0.05) is 68.1 Å². The molecule has 0 bridgehead atoms. The van der Waals surface area contributed by atoms with Crippen molar-refractivity contribution in [1.82, 2.24) is 25.3 Å². The highest BCUT2D eigenvalue weighted by Gasteiger charge is 2.24. The Kier molecular flexibility index (Phi) is 5.60. The third kappa shape index (κ3) is 3.94. The van der Waals surface area contributed by atoms with E-state index >= 15 is 0 Å². The standard InChI is InChI=1S/C16H24N8O2S/c25-8-3-18-14-12-13(19-11-20-14)15(23-6-9-27(26)10-7-23)22-16(21-12)24-4-1-17-2-5-24/h11,17,25H,1-10H2,(H,18,19,20). The molecule has 0 aliphatic carbocycles. The van der Waals surface area contributed by atoms with E-state index in [1.54, 1.807) is 0 Å². The van der Waals surface area contributed by atoms with Gasteiger partial charge in [0.05, 0.1) is 6.61 Å². The number of piperazine rings is 1. The molecular formula is C16H24N8O2S. The molecule has 0 saturated carbocycles. The van der Waals surface area contributed by atoms with Gasteiger partial charge >= 0.3 is 0 Å². The van der Waals surface area contributed by atoms with Crippen molar-refractivity contribution in [2.45, 2.75) is 0 Å². The van der Waals surface area contributed by atoms with E-state index in [1.165, 1.54) is 6.33 Å².